The summed E-state index contributed by atoms with van der Waals surface area (Å²) >= 11 is 0. The first-order valence-electron chi connectivity index (χ1n) is 5.83. The summed E-state index contributed by atoms with van der Waals surface area (Å²) in [4.78, 5) is 26.9. The highest BCUT2D eigenvalue weighted by molar-refractivity contribution is 5.85. The van der Waals surface area contributed by atoms with Gasteiger partial charge in [-0.1, -0.05) is 0 Å². The third-order valence-electron chi connectivity index (χ3n) is 2.43. The molecule has 1 aromatic heterocycles. The summed E-state index contributed by atoms with van der Waals surface area (Å²) in [6.07, 6.45) is 0. The molecule has 0 radical (unpaired) electrons. The molecule has 0 amide bonds. The summed E-state index contributed by atoms with van der Waals surface area (Å²) in [5, 5.41) is 3.59. The van der Waals surface area contributed by atoms with Crippen LogP contribution < -0.4 is 11.3 Å². The van der Waals surface area contributed by atoms with Gasteiger partial charge in [-0.2, -0.15) is 9.67 Å². The number of hydrogen-bond donors (Lipinski definition) is 1. The fraction of sp³-hybridized carbons (Fsp3) is 0.167. The van der Waals surface area contributed by atoms with E-state index in [0.717, 1.165) is 12.1 Å². The van der Waals surface area contributed by atoms with Crippen molar-refractivity contribution in [2.75, 3.05) is 12.3 Å². The number of aromatic nitrogens is 3. The van der Waals surface area contributed by atoms with E-state index >= 15 is 0 Å². The first-order valence-corrected chi connectivity index (χ1v) is 5.83. The molecule has 7 nitrogen and oxygen atoms in total. The van der Waals surface area contributed by atoms with Crippen LogP contribution in [0.5, 0.6) is 0 Å². The average molecular weight is 296 g/mol. The number of hydrogen-bond acceptors (Lipinski definition) is 6. The van der Waals surface area contributed by atoms with Gasteiger partial charge in [-0.3, -0.25) is 4.79 Å². The van der Waals surface area contributed by atoms with Crippen molar-refractivity contribution in [3.05, 3.63) is 46.0 Å². The van der Waals surface area contributed by atoms with Gasteiger partial charge < -0.3 is 10.5 Å². The molecule has 0 bridgehead atoms. The molecule has 1 heterocycles. The molecular weight excluding hydrogens is 286 g/mol. The number of nitrogen functional groups attached to an aromatic ring is 1. The van der Waals surface area contributed by atoms with E-state index in [1.807, 2.05) is 0 Å². The Bertz CT molecular complexity index is 761. The van der Waals surface area contributed by atoms with Gasteiger partial charge in [-0.25, -0.2) is 13.6 Å². The van der Waals surface area contributed by atoms with Crippen LogP contribution in [0.4, 0.5) is 14.6 Å². The highest BCUT2D eigenvalue weighted by Gasteiger charge is 2.18. The SMILES string of the molecule is CCOC(=O)c1nc(N)c(=O)n(-c2ccc(F)cc2F)n1. The smallest absolute Gasteiger partial charge is 0.378 e. The molecule has 21 heavy (non-hydrogen) atoms. The lowest BCUT2D eigenvalue weighted by Gasteiger charge is -2.08. The largest absolute Gasteiger partial charge is 0.460 e. The molecule has 0 saturated carbocycles. The molecule has 2 rings (SSSR count). The first kappa shape index (κ1) is 14.6. The maximum Gasteiger partial charge on any atom is 0.378 e. The molecule has 1 aromatic carbocycles. The van der Waals surface area contributed by atoms with Crippen molar-refractivity contribution in [1.82, 2.24) is 14.8 Å². The fourth-order valence-corrected chi connectivity index (χ4v) is 1.53. The Balaban J connectivity index is 2.62. The van der Waals surface area contributed by atoms with E-state index in [1.54, 1.807) is 6.92 Å². The molecule has 0 saturated heterocycles. The fourth-order valence-electron chi connectivity index (χ4n) is 1.53. The van der Waals surface area contributed by atoms with E-state index in [-0.39, 0.29) is 12.3 Å². The van der Waals surface area contributed by atoms with Gasteiger partial charge in [0.25, 0.3) is 5.82 Å². The number of rotatable bonds is 3. The molecular formula is C12H10F2N4O3. The Morgan fingerprint density at radius 2 is 2.14 bits per heavy atom. The van der Waals surface area contributed by atoms with E-state index in [4.69, 9.17) is 5.73 Å². The molecule has 9 heteroatoms. The molecule has 0 unspecified atom stereocenters. The minimum Gasteiger partial charge on any atom is -0.460 e. The Kier molecular flexibility index (Phi) is 3.92. The van der Waals surface area contributed by atoms with Gasteiger partial charge in [-0.15, -0.1) is 5.10 Å². The number of nitrogens with zero attached hydrogens (tertiary/aromatic N) is 3. The number of ether oxygens (including phenoxy) is 1. The first-order chi connectivity index (χ1) is 9.93. The molecule has 2 aromatic rings. The van der Waals surface area contributed by atoms with Crippen LogP contribution in [0, 0.1) is 11.6 Å². The highest BCUT2D eigenvalue weighted by Crippen LogP contribution is 2.12. The third-order valence-corrected chi connectivity index (χ3v) is 2.43. The number of nitrogens with two attached hydrogens (primary N) is 1. The molecule has 2 N–H and O–H groups in total. The Morgan fingerprint density at radius 3 is 2.76 bits per heavy atom. The molecule has 110 valence electrons. The van der Waals surface area contributed by atoms with Crippen molar-refractivity contribution in [1.29, 1.82) is 0 Å². The number of esters is 1. The lowest BCUT2D eigenvalue weighted by atomic mass is 10.3. The van der Waals surface area contributed by atoms with Crippen LogP contribution in [0.25, 0.3) is 5.69 Å². The third kappa shape index (κ3) is 2.86. The van der Waals surface area contributed by atoms with Gasteiger partial charge in [0.15, 0.2) is 11.6 Å². The predicted octanol–water partition coefficient (Wildman–Crippen LogP) is 0.665. The van der Waals surface area contributed by atoms with Crippen LogP contribution in [0.2, 0.25) is 0 Å². The van der Waals surface area contributed by atoms with Crippen LogP contribution in [0.15, 0.2) is 23.0 Å². The number of anilines is 1. The van der Waals surface area contributed by atoms with Crippen molar-refractivity contribution >= 4 is 11.8 Å². The van der Waals surface area contributed by atoms with E-state index < -0.39 is 34.8 Å². The van der Waals surface area contributed by atoms with Crippen molar-refractivity contribution in [2.24, 2.45) is 0 Å². The Labute approximate surface area is 117 Å². The average Bonchev–Trinajstić information content (AvgIpc) is 2.42. The Morgan fingerprint density at radius 1 is 1.43 bits per heavy atom. The van der Waals surface area contributed by atoms with Crippen LogP contribution in [0.3, 0.4) is 0 Å². The summed E-state index contributed by atoms with van der Waals surface area (Å²) in [5.41, 5.74) is 4.09. The summed E-state index contributed by atoms with van der Waals surface area (Å²) < 4.78 is 31.8. The number of carbonyl (C=O) groups is 1. The van der Waals surface area contributed by atoms with Crippen molar-refractivity contribution in [3.8, 4) is 5.69 Å². The minimum atomic E-state index is -1.04. The summed E-state index contributed by atoms with van der Waals surface area (Å²) in [5.74, 6) is -3.84. The summed E-state index contributed by atoms with van der Waals surface area (Å²) in [7, 11) is 0. The highest BCUT2D eigenvalue weighted by atomic mass is 19.1. The topological polar surface area (TPSA) is 100 Å². The van der Waals surface area contributed by atoms with Gasteiger partial charge in [0.2, 0.25) is 0 Å². The minimum absolute atomic E-state index is 0.0616. The standard InChI is InChI=1S/C12H10F2N4O3/c1-2-21-12(20)10-16-9(15)11(19)18(17-10)8-4-3-6(13)5-7(8)14/h3-5H,2H2,1H3,(H2,15,16,17). The monoisotopic (exact) mass is 296 g/mol. The molecule has 0 aliphatic rings. The predicted molar refractivity (Wildman–Crippen MR) is 67.9 cm³/mol. The molecule has 0 fully saturated rings. The quantitative estimate of drug-likeness (QED) is 0.835. The lowest BCUT2D eigenvalue weighted by Crippen LogP contribution is -2.29. The van der Waals surface area contributed by atoms with Crippen LogP contribution in [0.1, 0.15) is 17.5 Å². The van der Waals surface area contributed by atoms with Gasteiger partial charge in [0.1, 0.15) is 11.5 Å². The van der Waals surface area contributed by atoms with Crippen molar-refractivity contribution in [2.45, 2.75) is 6.92 Å². The number of benzene rings is 1. The zero-order valence-corrected chi connectivity index (χ0v) is 10.8. The lowest BCUT2D eigenvalue weighted by molar-refractivity contribution is 0.0509. The van der Waals surface area contributed by atoms with Crippen LogP contribution in [-0.2, 0) is 4.74 Å². The summed E-state index contributed by atoms with van der Waals surface area (Å²) in [6.45, 7) is 1.63. The number of halogens is 2. The normalized spacial score (nSPS) is 10.4. The Hall–Kier alpha value is -2.84. The second-order valence-electron chi connectivity index (χ2n) is 3.85. The molecule has 0 atom stereocenters. The maximum atomic E-state index is 13.7. The zero-order valence-electron chi connectivity index (χ0n) is 10.8. The van der Waals surface area contributed by atoms with Crippen LogP contribution >= 0.6 is 0 Å². The van der Waals surface area contributed by atoms with Gasteiger partial charge in [0.05, 0.1) is 6.61 Å². The zero-order chi connectivity index (χ0) is 15.6. The maximum absolute atomic E-state index is 13.7. The van der Waals surface area contributed by atoms with Crippen molar-refractivity contribution in [3.63, 3.8) is 0 Å². The van der Waals surface area contributed by atoms with E-state index in [1.165, 1.54) is 0 Å². The molecule has 0 aliphatic carbocycles. The molecule has 0 spiro atoms. The van der Waals surface area contributed by atoms with Crippen molar-refractivity contribution < 1.29 is 18.3 Å². The second kappa shape index (κ2) is 5.65. The second-order valence-corrected chi connectivity index (χ2v) is 3.85. The van der Waals surface area contributed by atoms with E-state index in [2.05, 4.69) is 14.8 Å². The van der Waals surface area contributed by atoms with E-state index in [0.29, 0.717) is 10.7 Å². The molecule has 0 aliphatic heterocycles. The number of carbonyl (C=O) groups excluding carboxylic acids is 1. The van der Waals surface area contributed by atoms with Gasteiger partial charge in [-0.05, 0) is 19.1 Å². The van der Waals surface area contributed by atoms with E-state index in [9.17, 15) is 18.4 Å². The summed E-state index contributed by atoms with van der Waals surface area (Å²) in [6, 6.07) is 2.50. The van der Waals surface area contributed by atoms with Gasteiger partial charge in [0, 0.05) is 6.07 Å². The van der Waals surface area contributed by atoms with Crippen LogP contribution in [-0.4, -0.2) is 27.3 Å². The van der Waals surface area contributed by atoms with Gasteiger partial charge >= 0.3 is 11.5 Å².